The number of halogens is 1. The zero-order chi connectivity index (χ0) is 42.1. The lowest BCUT2D eigenvalue weighted by Crippen LogP contribution is -2.93. The first kappa shape index (κ1) is 54.0. The Hall–Kier alpha value is 2.00. The molecule has 0 saturated heterocycles. The molecule has 0 atom stereocenters. The fourth-order valence-electron chi connectivity index (χ4n) is 8.38. The monoisotopic (exact) mass is 645 g/mol. The summed E-state index contributed by atoms with van der Waals surface area (Å²) in [6.45, 7) is 1.84. The van der Waals surface area contributed by atoms with Crippen molar-refractivity contribution in [3.8, 4) is 5.75 Å². The molecule has 1 aliphatic heterocycles. The van der Waals surface area contributed by atoms with E-state index in [1.165, 1.54) is 11.1 Å². The summed E-state index contributed by atoms with van der Waals surface area (Å²) in [4.78, 5) is 0. The number of methoxy groups -OCH3 is 1. The third-order valence-electron chi connectivity index (χ3n) is 10.5. The predicted molar refractivity (Wildman–Crippen MR) is 290 cm³/mol. The lowest BCUT2D eigenvalue weighted by molar-refractivity contribution is 0.414. The van der Waals surface area contributed by atoms with Crippen LogP contribution in [0.15, 0.2) is 12.1 Å². The summed E-state index contributed by atoms with van der Waals surface area (Å²) < 4.78 is 5.11. The van der Waals surface area contributed by atoms with Crippen molar-refractivity contribution in [2.24, 2.45) is 0 Å². The van der Waals surface area contributed by atoms with Crippen LogP contribution in [0.5, 0.6) is 5.75 Å². The molecule has 1 aromatic rings. The van der Waals surface area contributed by atoms with Crippen LogP contribution in [-0.2, 0) is 13.1 Å². The maximum atomic E-state index is 6.45. The van der Waals surface area contributed by atoms with Gasteiger partial charge in [0.15, 0.2) is 0 Å². The standard InChI is InChI=1S/C9H10ClNO.B42/c1-12-9-3-7-5-11-4-6(7)2-8(9)10;1-23(2)34(24(3)4)39(33(21)22)42(40(35(25(5)6)26(7)8)36(27(9)10)28(11)12)41(37(29(13)14)30(15)16)38(31(17)18)32(19)20/h2-3,11H,4-5H2,1H3;. The van der Waals surface area contributed by atoms with E-state index in [-0.39, 0.29) is 0 Å². The van der Waals surface area contributed by atoms with Gasteiger partial charge in [-0.15, -0.1) is 0 Å². The third kappa shape index (κ3) is 14.6. The minimum atomic E-state index is -1.30. The zero-order valence-corrected chi connectivity index (χ0v) is 31.9. The molecule has 1 aliphatic rings. The second-order valence-corrected chi connectivity index (χ2v) is 14.8. The highest BCUT2D eigenvalue weighted by Gasteiger charge is 2.57. The van der Waals surface area contributed by atoms with Crippen molar-refractivity contribution in [3.63, 3.8) is 0 Å². The number of nitrogens with one attached hydrogen (secondary N) is 1. The molecule has 0 aliphatic carbocycles. The summed E-state index contributed by atoms with van der Waals surface area (Å²) in [5.74, 6) is 0.763. The van der Waals surface area contributed by atoms with Crippen molar-refractivity contribution >= 4 is 310 Å². The second kappa shape index (κ2) is 25.1. The summed E-state index contributed by atoms with van der Waals surface area (Å²) in [5, 5.41) is 3.95. The minimum Gasteiger partial charge on any atom is -0.495 e. The molecular weight excluding hydrogens is 628 g/mol. The van der Waals surface area contributed by atoms with Crippen LogP contribution in [0.4, 0.5) is 0 Å². The molecule has 0 fully saturated rings. The Labute approximate surface area is 371 Å². The maximum Gasteiger partial charge on any atom is 0.137 e. The molecule has 2 rings (SSSR count). The number of ether oxygens (including phenoxy) is 1. The van der Waals surface area contributed by atoms with Crippen molar-refractivity contribution in [1.29, 1.82) is 0 Å². The van der Waals surface area contributed by atoms with Gasteiger partial charge in [-0.05, 0) is 23.3 Å². The highest BCUT2D eigenvalue weighted by atomic mass is 35.5. The van der Waals surface area contributed by atoms with Crippen LogP contribution in [0.3, 0.4) is 0 Å². The summed E-state index contributed by atoms with van der Waals surface area (Å²) in [6, 6.07) is 3.97. The Morgan fingerprint density at radius 2 is 0.611 bits per heavy atom. The van der Waals surface area contributed by atoms with E-state index in [2.05, 4.69) is 5.32 Å². The van der Waals surface area contributed by atoms with Crippen LogP contribution < -0.4 is 10.1 Å². The molecule has 0 saturated carbocycles. The molecule has 0 spiro atoms. The zero-order valence-electron chi connectivity index (χ0n) is 31.1. The van der Waals surface area contributed by atoms with Crippen LogP contribution >= 0.6 is 11.6 Å². The molecule has 0 unspecified atom stereocenters. The van der Waals surface area contributed by atoms with Gasteiger partial charge in [0.05, 0.1) is 12.1 Å². The minimum absolute atomic E-state index is 0.694. The topological polar surface area (TPSA) is 21.3 Å². The Balaban J connectivity index is 0.00000101. The molecule has 54 heavy (non-hydrogen) atoms. The summed E-state index contributed by atoms with van der Waals surface area (Å²) in [5.41, 5.74) is 2.57. The molecule has 45 heteroatoms. The Morgan fingerprint density at radius 3 is 0.852 bits per heavy atom. The summed E-state index contributed by atoms with van der Waals surface area (Å²) in [6.07, 6.45) is -23.5. The number of hydrogen-bond donors (Lipinski definition) is 1. The molecule has 1 aromatic carbocycles. The van der Waals surface area contributed by atoms with Gasteiger partial charge >= 0.3 is 0 Å². The van der Waals surface area contributed by atoms with Crippen LogP contribution in [0.1, 0.15) is 11.1 Å². The van der Waals surface area contributed by atoms with E-state index in [9.17, 15) is 0 Å². The van der Waals surface area contributed by atoms with E-state index in [0.29, 0.717) is 5.02 Å². The Kier molecular flexibility index (Phi) is 25.1. The lowest BCUT2D eigenvalue weighted by Gasteiger charge is -2.55. The van der Waals surface area contributed by atoms with Crippen molar-refractivity contribution in [1.82, 2.24) is 5.32 Å². The SMILES string of the molecule is COc1cc2c(cc1Cl)CNC2.[B]B([B])B(B([B])[B])B(B([B])[B])B(B(B(B([B])[B])B([B])[B])B(B([B])[B])B([B])[B])B(B(B([B])[B])B([B])[B])B(B([B])[B])B([B])[B]. The highest BCUT2D eigenvalue weighted by Crippen LogP contribution is 2.30. The average molecular weight is 638 g/mol. The van der Waals surface area contributed by atoms with E-state index >= 15 is 0 Å². The smallest absolute Gasteiger partial charge is 0.137 e. The van der Waals surface area contributed by atoms with E-state index in [4.69, 9.17) is 187 Å². The number of hydrogen-bond acceptors (Lipinski definition) is 2. The average Bonchev–Trinajstić information content (AvgIpc) is 3.45. The number of fused-ring (bicyclic) bond motifs is 1. The fourth-order valence-corrected chi connectivity index (χ4v) is 8.65. The van der Waals surface area contributed by atoms with Crippen molar-refractivity contribution < 1.29 is 4.74 Å². The van der Waals surface area contributed by atoms with Gasteiger partial charge in [-0.3, -0.25) is 0 Å². The largest absolute Gasteiger partial charge is 0.495 e. The Bertz CT molecular complexity index is 1090. The van der Waals surface area contributed by atoms with Gasteiger partial charge in [0.25, 0.3) is 0 Å². The van der Waals surface area contributed by atoms with Crippen LogP contribution in [0, 0.1) is 0 Å². The van der Waals surface area contributed by atoms with Crippen LogP contribution in [0.2, 0.25) is 5.02 Å². The lowest BCUT2D eigenvalue weighted by atomic mass is 8.27. The molecule has 1 heterocycles. The van der Waals surface area contributed by atoms with Gasteiger partial charge in [-0.25, -0.2) is 0 Å². The summed E-state index contributed by atoms with van der Waals surface area (Å²) >= 11 is 5.96. The van der Waals surface area contributed by atoms with E-state index < -0.39 is 128 Å². The van der Waals surface area contributed by atoms with E-state index in [1.54, 1.807) is 7.11 Å². The second-order valence-electron chi connectivity index (χ2n) is 14.4. The molecule has 44 radical (unpaired) electrons. The Morgan fingerprint density at radius 1 is 0.389 bits per heavy atom. The first-order valence-electron chi connectivity index (χ1n) is 17.5. The number of rotatable bonds is 20. The first-order valence-corrected chi connectivity index (χ1v) is 17.9. The quantitative estimate of drug-likeness (QED) is 0.144. The molecule has 0 aromatic heterocycles. The van der Waals surface area contributed by atoms with Gasteiger partial charge in [0.1, 0.15) is 5.75 Å². The summed E-state index contributed by atoms with van der Waals surface area (Å²) in [7, 11) is 140. The maximum absolute atomic E-state index is 6.45. The molecular formula is C9H10B42ClNO. The molecule has 0 amide bonds. The van der Waals surface area contributed by atoms with Gasteiger partial charge in [-0.2, -0.15) is 0 Å². The molecule has 1 N–H and O–H groups in total. The number of benzene rings is 1. The fraction of sp³-hybridized carbons (Fsp3) is 0.333. The molecule has 0 bridgehead atoms. The van der Waals surface area contributed by atoms with E-state index in [1.807, 2.05) is 12.1 Å². The third-order valence-corrected chi connectivity index (χ3v) is 10.8. The highest BCUT2D eigenvalue weighted by molar-refractivity contribution is 8.33. The molecule has 190 valence electrons. The van der Waals surface area contributed by atoms with Gasteiger partial charge < -0.3 is 10.1 Å². The van der Waals surface area contributed by atoms with Crippen molar-refractivity contribution in [3.05, 3.63) is 28.3 Å². The van der Waals surface area contributed by atoms with Crippen molar-refractivity contribution in [2.75, 3.05) is 7.11 Å². The van der Waals surface area contributed by atoms with Crippen LogP contribution in [-0.4, -0.2) is 305 Å². The molecule has 2 nitrogen and oxygen atoms in total. The normalized spacial score (nSPS) is 10.7. The van der Waals surface area contributed by atoms with Gasteiger partial charge in [0, 0.05) is 311 Å². The van der Waals surface area contributed by atoms with Gasteiger partial charge in [-0.1, -0.05) is 11.6 Å². The van der Waals surface area contributed by atoms with Crippen LogP contribution in [0.25, 0.3) is 0 Å². The first-order chi connectivity index (χ1) is 24.8. The van der Waals surface area contributed by atoms with Gasteiger partial charge in [0.2, 0.25) is 0 Å². The van der Waals surface area contributed by atoms with E-state index in [0.717, 1.165) is 18.8 Å². The van der Waals surface area contributed by atoms with Crippen molar-refractivity contribution in [2.45, 2.75) is 13.1 Å². The predicted octanol–water partition coefficient (Wildman–Crippen LogP) is -14.0.